The van der Waals surface area contributed by atoms with Crippen molar-refractivity contribution in [2.75, 3.05) is 32.8 Å². The maximum Gasteiger partial charge on any atom is 0.245 e. The molecule has 2 aliphatic heterocycles. The molecule has 0 saturated carbocycles. The zero-order chi connectivity index (χ0) is 25.2. The lowest BCUT2D eigenvalue weighted by molar-refractivity contribution is 0.0525. The van der Waals surface area contributed by atoms with E-state index in [-0.39, 0.29) is 5.41 Å². The van der Waals surface area contributed by atoms with Crippen molar-refractivity contribution < 1.29 is 13.2 Å². The van der Waals surface area contributed by atoms with E-state index in [2.05, 4.69) is 41.9 Å². The second kappa shape index (κ2) is 10.5. The largest absolute Gasteiger partial charge is 0.493 e. The number of ether oxygens (including phenoxy) is 1. The van der Waals surface area contributed by atoms with E-state index in [1.165, 1.54) is 5.56 Å². The van der Waals surface area contributed by atoms with Gasteiger partial charge in [-0.1, -0.05) is 50.2 Å². The first-order valence-electron chi connectivity index (χ1n) is 13.1. The van der Waals surface area contributed by atoms with Gasteiger partial charge in [-0.2, -0.15) is 4.31 Å². The fraction of sp³-hybridized carbons (Fsp3) is 0.483. The number of fused-ring (bicyclic) bond motifs is 1. The van der Waals surface area contributed by atoms with E-state index >= 15 is 0 Å². The molecule has 0 N–H and O–H groups in total. The molecule has 36 heavy (non-hydrogen) atoms. The molecule has 3 heterocycles. The van der Waals surface area contributed by atoms with Gasteiger partial charge >= 0.3 is 0 Å². The monoisotopic (exact) mass is 507 g/mol. The Morgan fingerprint density at radius 1 is 0.917 bits per heavy atom. The van der Waals surface area contributed by atoms with Crippen LogP contribution in [0.1, 0.15) is 45.1 Å². The molecule has 2 aliphatic rings. The summed E-state index contributed by atoms with van der Waals surface area (Å²) < 4.78 is 34.8. The normalized spacial score (nSPS) is 19.2. The summed E-state index contributed by atoms with van der Waals surface area (Å²) in [5.41, 5.74) is 2.05. The number of hydrogen-bond acceptors (Lipinski definition) is 5. The van der Waals surface area contributed by atoms with Crippen LogP contribution in [0.25, 0.3) is 10.9 Å². The minimum Gasteiger partial charge on any atom is -0.493 e. The Bertz CT molecular complexity index is 1280. The minimum atomic E-state index is -3.57. The van der Waals surface area contributed by atoms with E-state index < -0.39 is 10.0 Å². The Morgan fingerprint density at radius 3 is 2.36 bits per heavy atom. The summed E-state index contributed by atoms with van der Waals surface area (Å²) in [6, 6.07) is 17.5. The number of nitrogens with zero attached hydrogens (tertiary/aromatic N) is 3. The fourth-order valence-electron chi connectivity index (χ4n) is 5.58. The average Bonchev–Trinajstić information content (AvgIpc) is 2.89. The van der Waals surface area contributed by atoms with Crippen LogP contribution in [0.5, 0.6) is 5.75 Å². The van der Waals surface area contributed by atoms with Gasteiger partial charge in [0.1, 0.15) is 10.6 Å². The summed E-state index contributed by atoms with van der Waals surface area (Å²) in [7, 11) is -3.57. The molecule has 6 nitrogen and oxygen atoms in total. The second-order valence-electron chi connectivity index (χ2n) is 10.8. The number of likely N-dealkylation sites (tertiary alicyclic amines) is 1. The molecule has 0 unspecified atom stereocenters. The lowest BCUT2D eigenvalue weighted by atomic mass is 9.71. The number of para-hydroxylation sites is 2. The number of piperidine rings is 2. The van der Waals surface area contributed by atoms with Gasteiger partial charge in [-0.05, 0) is 68.3 Å². The van der Waals surface area contributed by atoms with Gasteiger partial charge in [-0.3, -0.25) is 9.88 Å². The quantitative estimate of drug-likeness (QED) is 0.432. The third-order valence-corrected chi connectivity index (χ3v) is 9.78. The Hall–Kier alpha value is -2.48. The Kier molecular flexibility index (Phi) is 7.33. The van der Waals surface area contributed by atoms with Gasteiger partial charge in [0.15, 0.2) is 0 Å². The first-order chi connectivity index (χ1) is 17.4. The van der Waals surface area contributed by atoms with E-state index in [0.717, 1.165) is 63.1 Å². The van der Waals surface area contributed by atoms with Crippen molar-refractivity contribution in [1.29, 1.82) is 0 Å². The van der Waals surface area contributed by atoms with Gasteiger partial charge < -0.3 is 4.74 Å². The third-order valence-electron chi connectivity index (χ3n) is 7.85. The Morgan fingerprint density at radius 2 is 1.61 bits per heavy atom. The summed E-state index contributed by atoms with van der Waals surface area (Å²) in [6.45, 7) is 9.21. The maximum absolute atomic E-state index is 13.5. The molecule has 1 aromatic heterocycles. The fourth-order valence-corrected chi connectivity index (χ4v) is 7.19. The maximum atomic E-state index is 13.5. The van der Waals surface area contributed by atoms with Crippen LogP contribution in [0.4, 0.5) is 0 Å². The summed E-state index contributed by atoms with van der Waals surface area (Å²) in [5, 5.41) is 0.857. The zero-order valence-corrected chi connectivity index (χ0v) is 22.2. The first-order valence-corrected chi connectivity index (χ1v) is 14.6. The molecular formula is C29H37N3O3S. The summed E-state index contributed by atoms with van der Waals surface area (Å²) >= 11 is 0. The topological polar surface area (TPSA) is 62.7 Å². The standard InChI is InChI=1S/C29H37N3O3S/c1-23(2)22-35-26-10-4-3-7-25(26)21-31-17-12-29(13-18-31)14-19-32(20-15-29)36(33,34)27-11-5-8-24-9-6-16-30-28(24)27/h3-11,16,23H,12-15,17-22H2,1-2H3. The van der Waals surface area contributed by atoms with Crippen LogP contribution in [0.15, 0.2) is 65.7 Å². The molecular weight excluding hydrogens is 470 g/mol. The van der Waals surface area contributed by atoms with Gasteiger partial charge in [-0.25, -0.2) is 8.42 Å². The SMILES string of the molecule is CC(C)COc1ccccc1CN1CCC2(CC1)CCN(S(=O)(=O)c1cccc3cccnc13)CC2. The van der Waals surface area contributed by atoms with Crippen molar-refractivity contribution in [1.82, 2.24) is 14.2 Å². The Labute approximate surface area is 215 Å². The second-order valence-corrected chi connectivity index (χ2v) is 12.7. The number of rotatable bonds is 7. The number of benzene rings is 2. The van der Waals surface area contributed by atoms with Crippen molar-refractivity contribution in [2.24, 2.45) is 11.3 Å². The van der Waals surface area contributed by atoms with Crippen LogP contribution in [0.3, 0.4) is 0 Å². The number of sulfonamides is 1. The zero-order valence-electron chi connectivity index (χ0n) is 21.4. The minimum absolute atomic E-state index is 0.243. The van der Waals surface area contributed by atoms with E-state index in [4.69, 9.17) is 4.74 Å². The molecule has 5 rings (SSSR count). The van der Waals surface area contributed by atoms with Gasteiger partial charge in [0, 0.05) is 36.8 Å². The van der Waals surface area contributed by atoms with Crippen LogP contribution in [-0.4, -0.2) is 55.4 Å². The Balaban J connectivity index is 1.20. The van der Waals surface area contributed by atoms with E-state index in [9.17, 15) is 8.42 Å². The van der Waals surface area contributed by atoms with Crippen molar-refractivity contribution >= 4 is 20.9 Å². The molecule has 0 atom stereocenters. The number of hydrogen-bond donors (Lipinski definition) is 0. The van der Waals surface area contributed by atoms with Crippen LogP contribution in [-0.2, 0) is 16.6 Å². The van der Waals surface area contributed by atoms with Crippen molar-refractivity contribution in [3.8, 4) is 5.75 Å². The smallest absolute Gasteiger partial charge is 0.245 e. The molecule has 1 spiro atoms. The number of aromatic nitrogens is 1. The highest BCUT2D eigenvalue weighted by Crippen LogP contribution is 2.43. The first kappa shape index (κ1) is 25.2. The lowest BCUT2D eigenvalue weighted by Gasteiger charge is -2.46. The lowest BCUT2D eigenvalue weighted by Crippen LogP contribution is -2.48. The van der Waals surface area contributed by atoms with Gasteiger partial charge in [0.25, 0.3) is 0 Å². The van der Waals surface area contributed by atoms with Crippen LogP contribution in [0, 0.1) is 11.3 Å². The molecule has 2 aromatic carbocycles. The molecule has 0 bridgehead atoms. The summed E-state index contributed by atoms with van der Waals surface area (Å²) in [5.74, 6) is 1.49. The molecule has 0 aliphatic carbocycles. The summed E-state index contributed by atoms with van der Waals surface area (Å²) in [6.07, 6.45) is 5.74. The highest BCUT2D eigenvalue weighted by molar-refractivity contribution is 7.89. The van der Waals surface area contributed by atoms with Crippen molar-refractivity contribution in [2.45, 2.75) is 51.0 Å². The van der Waals surface area contributed by atoms with Gasteiger partial charge in [-0.15, -0.1) is 0 Å². The predicted octanol–water partition coefficient (Wildman–Crippen LogP) is 5.34. The number of pyridine rings is 1. The van der Waals surface area contributed by atoms with E-state index in [0.29, 0.717) is 29.4 Å². The average molecular weight is 508 g/mol. The molecule has 7 heteroatoms. The predicted molar refractivity (Wildman–Crippen MR) is 143 cm³/mol. The molecule has 2 saturated heterocycles. The molecule has 3 aromatic rings. The van der Waals surface area contributed by atoms with E-state index in [1.807, 2.05) is 30.3 Å². The summed E-state index contributed by atoms with van der Waals surface area (Å²) in [4.78, 5) is 7.22. The van der Waals surface area contributed by atoms with Gasteiger partial charge in [0.2, 0.25) is 10.0 Å². The van der Waals surface area contributed by atoms with E-state index in [1.54, 1.807) is 16.6 Å². The van der Waals surface area contributed by atoms with Crippen molar-refractivity contribution in [3.05, 3.63) is 66.4 Å². The molecule has 2 fully saturated rings. The van der Waals surface area contributed by atoms with Crippen LogP contribution >= 0.6 is 0 Å². The highest BCUT2D eigenvalue weighted by Gasteiger charge is 2.41. The molecule has 192 valence electrons. The van der Waals surface area contributed by atoms with Crippen LogP contribution < -0.4 is 4.74 Å². The molecule has 0 amide bonds. The van der Waals surface area contributed by atoms with Crippen molar-refractivity contribution in [3.63, 3.8) is 0 Å². The van der Waals surface area contributed by atoms with Crippen LogP contribution in [0.2, 0.25) is 0 Å². The van der Waals surface area contributed by atoms with Gasteiger partial charge in [0.05, 0.1) is 12.1 Å². The molecule has 0 radical (unpaired) electrons. The third kappa shape index (κ3) is 5.29. The highest BCUT2D eigenvalue weighted by atomic mass is 32.2.